The minimum atomic E-state index is -0.980. The predicted octanol–water partition coefficient (Wildman–Crippen LogP) is 7.62. The molecule has 1 heterocycles. The van der Waals surface area contributed by atoms with Crippen molar-refractivity contribution in [2.24, 2.45) is 0 Å². The first-order valence-electron chi connectivity index (χ1n) is 11.8. The van der Waals surface area contributed by atoms with E-state index in [1.807, 2.05) is 30.0 Å². The Labute approximate surface area is 217 Å². The summed E-state index contributed by atoms with van der Waals surface area (Å²) in [6.45, 7) is -0.357. The van der Waals surface area contributed by atoms with Crippen molar-refractivity contribution < 1.29 is 14.6 Å². The van der Waals surface area contributed by atoms with Crippen molar-refractivity contribution in [2.45, 2.75) is 17.4 Å². The van der Waals surface area contributed by atoms with Crippen LogP contribution in [0.25, 0.3) is 32.6 Å². The van der Waals surface area contributed by atoms with Gasteiger partial charge in [0.1, 0.15) is 10.8 Å². The Morgan fingerprint density at radius 1 is 0.972 bits per heavy atom. The van der Waals surface area contributed by atoms with E-state index in [9.17, 15) is 4.79 Å². The molecule has 1 unspecified atom stereocenters. The van der Waals surface area contributed by atoms with Gasteiger partial charge in [-0.05, 0) is 34.9 Å². The van der Waals surface area contributed by atoms with Crippen molar-refractivity contribution in [1.82, 2.24) is 4.98 Å². The van der Waals surface area contributed by atoms with E-state index in [0.29, 0.717) is 5.75 Å². The van der Waals surface area contributed by atoms with Crippen molar-refractivity contribution in [2.75, 3.05) is 6.61 Å². The Bertz CT molecular complexity index is 1560. The van der Waals surface area contributed by atoms with Crippen LogP contribution in [0.4, 0.5) is 0 Å². The smallest absolute Gasteiger partial charge is 0.341 e. The number of hydrogen-bond acceptors (Lipinski definition) is 5. The lowest BCUT2D eigenvalue weighted by Crippen LogP contribution is -2.13. The Morgan fingerprint density at radius 3 is 2.61 bits per heavy atom. The zero-order chi connectivity index (χ0) is 24.5. The fourth-order valence-electron chi connectivity index (χ4n) is 4.65. The molecule has 1 aliphatic carbocycles. The number of ether oxygens (including phenoxy) is 1. The molecular formula is C30H23NO3S2. The molecule has 178 valence electrons. The molecule has 6 heteroatoms. The van der Waals surface area contributed by atoms with Gasteiger partial charge < -0.3 is 9.84 Å². The minimum Gasteiger partial charge on any atom is -0.482 e. The maximum absolute atomic E-state index is 11.2. The zero-order valence-corrected chi connectivity index (χ0v) is 21.0. The summed E-state index contributed by atoms with van der Waals surface area (Å²) in [4.78, 5) is 17.6. The lowest BCUT2D eigenvalue weighted by Gasteiger charge is -2.25. The van der Waals surface area contributed by atoms with E-state index in [1.165, 1.54) is 21.2 Å². The molecule has 1 atom stereocenters. The summed E-state index contributed by atoms with van der Waals surface area (Å²) < 4.78 is 5.70. The highest BCUT2D eigenvalue weighted by atomic mass is 32.2. The summed E-state index contributed by atoms with van der Waals surface area (Å²) in [6.07, 6.45) is 0.773. The molecule has 0 bridgehead atoms. The number of aliphatic carboxylic acids is 1. The summed E-state index contributed by atoms with van der Waals surface area (Å²) >= 11 is 3.66. The number of fused-ring (bicyclic) bond motifs is 4. The Hall–Kier alpha value is -3.61. The van der Waals surface area contributed by atoms with Crippen molar-refractivity contribution in [3.63, 3.8) is 0 Å². The third kappa shape index (κ3) is 4.50. The highest BCUT2D eigenvalue weighted by Gasteiger charge is 2.31. The monoisotopic (exact) mass is 509 g/mol. The van der Waals surface area contributed by atoms with Crippen LogP contribution < -0.4 is 4.74 Å². The quantitative estimate of drug-likeness (QED) is 0.244. The molecule has 5 aromatic rings. The van der Waals surface area contributed by atoms with Crippen LogP contribution >= 0.6 is 23.1 Å². The Morgan fingerprint density at radius 2 is 1.78 bits per heavy atom. The molecule has 1 N–H and O–H groups in total. The Kier molecular flexibility index (Phi) is 6.21. The molecule has 0 radical (unpaired) electrons. The molecule has 36 heavy (non-hydrogen) atoms. The highest BCUT2D eigenvalue weighted by molar-refractivity contribution is 7.98. The van der Waals surface area contributed by atoms with Gasteiger partial charge in [-0.25, -0.2) is 9.78 Å². The summed E-state index contributed by atoms with van der Waals surface area (Å²) in [6, 6.07) is 31.2. The van der Waals surface area contributed by atoms with E-state index >= 15 is 0 Å². The molecule has 6 rings (SSSR count). The van der Waals surface area contributed by atoms with Crippen LogP contribution in [0.1, 0.15) is 21.3 Å². The lowest BCUT2D eigenvalue weighted by atomic mass is 9.92. The van der Waals surface area contributed by atoms with Crippen LogP contribution in [-0.4, -0.2) is 22.7 Å². The first-order valence-corrected chi connectivity index (χ1v) is 13.6. The molecule has 4 aromatic carbocycles. The van der Waals surface area contributed by atoms with Gasteiger partial charge in [0.05, 0.1) is 5.69 Å². The van der Waals surface area contributed by atoms with E-state index in [0.717, 1.165) is 39.6 Å². The van der Waals surface area contributed by atoms with Crippen LogP contribution in [0, 0.1) is 0 Å². The van der Waals surface area contributed by atoms with Crippen molar-refractivity contribution in [3.8, 4) is 27.6 Å². The summed E-state index contributed by atoms with van der Waals surface area (Å²) in [7, 11) is 0. The molecule has 0 spiro atoms. The van der Waals surface area contributed by atoms with E-state index < -0.39 is 5.97 Å². The average molecular weight is 510 g/mol. The molecule has 0 fully saturated rings. The van der Waals surface area contributed by atoms with Gasteiger partial charge in [-0.2, -0.15) is 0 Å². The van der Waals surface area contributed by atoms with Gasteiger partial charge in [-0.3, -0.25) is 0 Å². The number of carboxylic acid groups (broad SMARTS) is 1. The number of benzene rings is 4. The first kappa shape index (κ1) is 22.8. The maximum Gasteiger partial charge on any atom is 0.341 e. The highest BCUT2D eigenvalue weighted by Crippen LogP contribution is 2.51. The first-order chi connectivity index (χ1) is 17.7. The third-order valence-corrected chi connectivity index (χ3v) is 9.04. The number of nitrogens with zero attached hydrogens (tertiary/aromatic N) is 1. The Balaban J connectivity index is 1.42. The maximum atomic E-state index is 11.2. The fourth-order valence-corrected chi connectivity index (χ4v) is 7.18. The number of thiazole rings is 1. The number of hydrogen-bond donors (Lipinski definition) is 1. The molecule has 0 aliphatic heterocycles. The van der Waals surface area contributed by atoms with Crippen LogP contribution in [0.15, 0.2) is 91.0 Å². The predicted molar refractivity (Wildman–Crippen MR) is 148 cm³/mol. The third-order valence-electron chi connectivity index (χ3n) is 6.37. The SMILES string of the molecule is O=C(O)COc1cccc2c1CC(SCc1ccccc1)c1sc(-c3ccc4ccccc4c3)nc1-2. The molecule has 4 nitrogen and oxygen atoms in total. The standard InChI is InChI=1S/C30H23NO3S2/c32-27(33)17-34-25-12-6-11-23-24(25)16-26(35-18-19-7-2-1-3-8-19)29-28(23)31-30(36-29)22-14-13-20-9-4-5-10-21(20)15-22/h1-15,26H,16-18H2,(H,32,33). The molecule has 0 amide bonds. The van der Waals surface area contributed by atoms with Gasteiger partial charge in [-0.1, -0.05) is 78.9 Å². The summed E-state index contributed by atoms with van der Waals surface area (Å²) in [5.41, 5.74) is 5.44. The van der Waals surface area contributed by atoms with Gasteiger partial charge in [0.2, 0.25) is 0 Å². The van der Waals surface area contributed by atoms with Gasteiger partial charge >= 0.3 is 5.97 Å². The van der Waals surface area contributed by atoms with Crippen LogP contribution in [-0.2, 0) is 17.0 Å². The van der Waals surface area contributed by atoms with Crippen LogP contribution in [0.5, 0.6) is 5.75 Å². The summed E-state index contributed by atoms with van der Waals surface area (Å²) in [5.74, 6) is 0.541. The van der Waals surface area contributed by atoms with Crippen LogP contribution in [0.2, 0.25) is 0 Å². The van der Waals surface area contributed by atoms with Crippen LogP contribution in [0.3, 0.4) is 0 Å². The van der Waals surface area contributed by atoms with Crippen molar-refractivity contribution >= 4 is 39.8 Å². The summed E-state index contributed by atoms with van der Waals surface area (Å²) in [5, 5.41) is 12.8. The normalized spacial score (nSPS) is 14.3. The zero-order valence-electron chi connectivity index (χ0n) is 19.4. The molecule has 0 saturated carbocycles. The number of thioether (sulfide) groups is 1. The number of carboxylic acids is 1. The number of aromatic nitrogens is 1. The molecule has 0 saturated heterocycles. The molecular weight excluding hydrogens is 486 g/mol. The minimum absolute atomic E-state index is 0.203. The number of rotatable bonds is 7. The second-order valence-corrected chi connectivity index (χ2v) is 11.0. The second-order valence-electron chi connectivity index (χ2n) is 8.75. The van der Waals surface area contributed by atoms with Gasteiger partial charge in [0.15, 0.2) is 6.61 Å². The lowest BCUT2D eigenvalue weighted by molar-refractivity contribution is -0.139. The van der Waals surface area contributed by atoms with E-state index in [4.69, 9.17) is 14.8 Å². The van der Waals surface area contributed by atoms with E-state index in [-0.39, 0.29) is 11.9 Å². The topological polar surface area (TPSA) is 59.4 Å². The number of carbonyl (C=O) groups is 1. The molecule has 1 aromatic heterocycles. The van der Waals surface area contributed by atoms with Gasteiger partial charge in [-0.15, -0.1) is 23.1 Å². The fraction of sp³-hybridized carbons (Fsp3) is 0.133. The second kappa shape index (κ2) is 9.80. The van der Waals surface area contributed by atoms with E-state index in [2.05, 4.69) is 72.8 Å². The largest absolute Gasteiger partial charge is 0.482 e. The average Bonchev–Trinajstić information content (AvgIpc) is 3.37. The van der Waals surface area contributed by atoms with Gasteiger partial charge in [0, 0.05) is 32.6 Å². The van der Waals surface area contributed by atoms with Gasteiger partial charge in [0.25, 0.3) is 0 Å². The molecule has 1 aliphatic rings. The van der Waals surface area contributed by atoms with Crippen molar-refractivity contribution in [1.29, 1.82) is 0 Å². The van der Waals surface area contributed by atoms with Crippen molar-refractivity contribution in [3.05, 3.63) is 107 Å². The van der Waals surface area contributed by atoms with E-state index in [1.54, 1.807) is 11.3 Å².